The van der Waals surface area contributed by atoms with E-state index in [1.165, 1.54) is 17.7 Å². The molecule has 2 heterocycles. The van der Waals surface area contributed by atoms with E-state index in [1.54, 1.807) is 0 Å². The van der Waals surface area contributed by atoms with Gasteiger partial charge in [-0.3, -0.25) is 0 Å². The highest BCUT2D eigenvalue weighted by atomic mass is 35.5. The van der Waals surface area contributed by atoms with E-state index in [0.717, 1.165) is 36.8 Å². The number of hydrogen-bond donors (Lipinski definition) is 1. The van der Waals surface area contributed by atoms with E-state index in [2.05, 4.69) is 24.4 Å². The number of thioether (sulfide) groups is 1. The first-order valence-electron chi connectivity index (χ1n) is 7.93. The number of rotatable bonds is 4. The summed E-state index contributed by atoms with van der Waals surface area (Å²) in [6.07, 6.45) is 3.48. The zero-order valence-corrected chi connectivity index (χ0v) is 14.2. The summed E-state index contributed by atoms with van der Waals surface area (Å²) in [4.78, 5) is 0. The lowest BCUT2D eigenvalue weighted by atomic mass is 9.79. The predicted octanol–water partition coefficient (Wildman–Crippen LogP) is 4.29. The molecule has 0 bridgehead atoms. The fourth-order valence-electron chi connectivity index (χ4n) is 3.69. The van der Waals surface area contributed by atoms with Crippen LogP contribution in [0, 0.1) is 5.92 Å². The minimum atomic E-state index is 0.127. The zero-order valence-electron chi connectivity index (χ0n) is 12.6. The van der Waals surface area contributed by atoms with Gasteiger partial charge in [-0.2, -0.15) is 11.8 Å². The molecule has 0 saturated carbocycles. The zero-order chi connectivity index (χ0) is 14.7. The van der Waals surface area contributed by atoms with E-state index in [9.17, 15) is 0 Å². The molecule has 116 valence electrons. The van der Waals surface area contributed by atoms with E-state index < -0.39 is 0 Å². The molecule has 3 atom stereocenters. The Morgan fingerprint density at radius 3 is 3.05 bits per heavy atom. The summed E-state index contributed by atoms with van der Waals surface area (Å²) in [6.45, 7) is 4.02. The number of halogens is 1. The molecule has 2 aliphatic rings. The van der Waals surface area contributed by atoms with Crippen LogP contribution in [0.15, 0.2) is 24.3 Å². The maximum Gasteiger partial charge on any atom is 0.0783 e. The monoisotopic (exact) mass is 325 g/mol. The van der Waals surface area contributed by atoms with Crippen molar-refractivity contribution in [3.05, 3.63) is 34.9 Å². The molecule has 0 aliphatic carbocycles. The van der Waals surface area contributed by atoms with Crippen LogP contribution in [0.4, 0.5) is 0 Å². The Labute approximate surface area is 137 Å². The van der Waals surface area contributed by atoms with E-state index in [4.69, 9.17) is 16.3 Å². The molecule has 21 heavy (non-hydrogen) atoms. The van der Waals surface area contributed by atoms with Crippen molar-refractivity contribution in [1.82, 2.24) is 5.32 Å². The minimum Gasteiger partial charge on any atom is -0.374 e. The summed E-state index contributed by atoms with van der Waals surface area (Å²) in [5.74, 6) is 3.01. The van der Waals surface area contributed by atoms with Gasteiger partial charge in [-0.15, -0.1) is 0 Å². The summed E-state index contributed by atoms with van der Waals surface area (Å²) in [5, 5.41) is 4.55. The molecule has 0 radical (unpaired) electrons. The van der Waals surface area contributed by atoms with Crippen molar-refractivity contribution >= 4 is 23.4 Å². The lowest BCUT2D eigenvalue weighted by Crippen LogP contribution is -2.43. The van der Waals surface area contributed by atoms with Gasteiger partial charge in [0.05, 0.1) is 5.60 Å². The molecule has 3 rings (SSSR count). The molecule has 3 unspecified atom stereocenters. The third kappa shape index (κ3) is 3.42. The van der Waals surface area contributed by atoms with Gasteiger partial charge in [-0.1, -0.05) is 36.7 Å². The van der Waals surface area contributed by atoms with Crippen LogP contribution in [0.5, 0.6) is 0 Å². The average molecular weight is 326 g/mol. The van der Waals surface area contributed by atoms with Crippen molar-refractivity contribution in [3.63, 3.8) is 0 Å². The van der Waals surface area contributed by atoms with Gasteiger partial charge in [-0.25, -0.2) is 0 Å². The normalized spacial score (nSPS) is 30.7. The van der Waals surface area contributed by atoms with Crippen LogP contribution in [-0.4, -0.2) is 30.3 Å². The molecule has 1 spiro atoms. The molecule has 2 aliphatic heterocycles. The van der Waals surface area contributed by atoms with Crippen LogP contribution in [-0.2, 0) is 4.74 Å². The summed E-state index contributed by atoms with van der Waals surface area (Å²) >= 11 is 8.48. The highest BCUT2D eigenvalue weighted by Gasteiger charge is 2.42. The molecule has 0 amide bonds. The van der Waals surface area contributed by atoms with Gasteiger partial charge in [0.2, 0.25) is 0 Å². The molecular formula is C17H24ClNOS. The molecule has 2 saturated heterocycles. The van der Waals surface area contributed by atoms with Crippen LogP contribution in [0.3, 0.4) is 0 Å². The number of ether oxygens (including phenoxy) is 1. The number of nitrogens with one attached hydrogen (secondary N) is 1. The largest absolute Gasteiger partial charge is 0.374 e. The Hall–Kier alpha value is -0.220. The van der Waals surface area contributed by atoms with E-state index >= 15 is 0 Å². The topological polar surface area (TPSA) is 21.3 Å². The second-order valence-corrected chi connectivity index (χ2v) is 7.66. The Bertz CT molecular complexity index is 476. The van der Waals surface area contributed by atoms with E-state index in [-0.39, 0.29) is 5.60 Å². The molecule has 1 N–H and O–H groups in total. The van der Waals surface area contributed by atoms with Crippen molar-refractivity contribution in [1.29, 1.82) is 0 Å². The van der Waals surface area contributed by atoms with Gasteiger partial charge in [0.15, 0.2) is 0 Å². The van der Waals surface area contributed by atoms with Crippen molar-refractivity contribution < 1.29 is 4.74 Å². The highest BCUT2D eigenvalue weighted by molar-refractivity contribution is 7.99. The van der Waals surface area contributed by atoms with Gasteiger partial charge >= 0.3 is 0 Å². The summed E-state index contributed by atoms with van der Waals surface area (Å²) < 4.78 is 6.17. The number of benzene rings is 1. The summed E-state index contributed by atoms with van der Waals surface area (Å²) in [6, 6.07) is 8.61. The molecule has 2 fully saturated rings. The minimum absolute atomic E-state index is 0.127. The van der Waals surface area contributed by atoms with Crippen molar-refractivity contribution in [2.45, 2.75) is 37.8 Å². The number of hydrogen-bond acceptors (Lipinski definition) is 3. The summed E-state index contributed by atoms with van der Waals surface area (Å²) in [7, 11) is 0. The lowest BCUT2D eigenvalue weighted by Gasteiger charge is -2.41. The van der Waals surface area contributed by atoms with Crippen LogP contribution >= 0.6 is 23.4 Å². The van der Waals surface area contributed by atoms with Gasteiger partial charge in [0, 0.05) is 23.4 Å². The predicted molar refractivity (Wildman–Crippen MR) is 91.2 cm³/mol. The fourth-order valence-corrected chi connectivity index (χ4v) is 5.32. The Morgan fingerprint density at radius 1 is 1.48 bits per heavy atom. The maximum absolute atomic E-state index is 6.45. The Balaban J connectivity index is 1.82. The van der Waals surface area contributed by atoms with Gasteiger partial charge in [0.1, 0.15) is 0 Å². The molecular weight excluding hydrogens is 302 g/mol. The second-order valence-electron chi connectivity index (χ2n) is 6.14. The molecule has 0 aromatic heterocycles. The highest BCUT2D eigenvalue weighted by Crippen LogP contribution is 2.44. The van der Waals surface area contributed by atoms with Crippen molar-refractivity contribution in [3.8, 4) is 0 Å². The Morgan fingerprint density at radius 2 is 2.33 bits per heavy atom. The first-order chi connectivity index (χ1) is 10.2. The van der Waals surface area contributed by atoms with Gasteiger partial charge < -0.3 is 10.1 Å². The van der Waals surface area contributed by atoms with Crippen molar-refractivity contribution in [2.24, 2.45) is 5.92 Å². The van der Waals surface area contributed by atoms with Crippen LogP contribution in [0.2, 0.25) is 5.02 Å². The van der Waals surface area contributed by atoms with Gasteiger partial charge in [0.25, 0.3) is 0 Å². The van der Waals surface area contributed by atoms with E-state index in [1.807, 2.05) is 23.9 Å². The first kappa shape index (κ1) is 15.7. The van der Waals surface area contributed by atoms with Crippen molar-refractivity contribution in [2.75, 3.05) is 24.7 Å². The SMILES string of the molecule is CCNC(c1ccccc1Cl)C1CCOC2(CCSC2)C1. The molecule has 1 aromatic rings. The maximum atomic E-state index is 6.45. The molecule has 4 heteroatoms. The quantitative estimate of drug-likeness (QED) is 0.892. The molecule has 2 nitrogen and oxygen atoms in total. The summed E-state index contributed by atoms with van der Waals surface area (Å²) in [5.41, 5.74) is 1.37. The van der Waals surface area contributed by atoms with Gasteiger partial charge in [-0.05, 0) is 49.1 Å². The smallest absolute Gasteiger partial charge is 0.0783 e. The standard InChI is InChI=1S/C17H24ClNOS/c1-2-19-16(14-5-3-4-6-15(14)18)13-7-9-20-17(11-13)8-10-21-12-17/h3-6,13,16,19H,2,7-12H2,1H3. The second kappa shape index (κ2) is 6.91. The third-order valence-corrected chi connectivity index (χ3v) is 6.30. The van der Waals surface area contributed by atoms with Crippen LogP contribution in [0.1, 0.15) is 37.8 Å². The van der Waals surface area contributed by atoms with Crippen LogP contribution in [0.25, 0.3) is 0 Å². The van der Waals surface area contributed by atoms with E-state index in [0.29, 0.717) is 12.0 Å². The Kier molecular flexibility index (Phi) is 5.15. The van der Waals surface area contributed by atoms with Crippen LogP contribution < -0.4 is 5.32 Å². The average Bonchev–Trinajstić information content (AvgIpc) is 2.93. The first-order valence-corrected chi connectivity index (χ1v) is 9.47. The molecule has 1 aromatic carbocycles. The third-order valence-electron chi connectivity index (χ3n) is 4.73. The lowest BCUT2D eigenvalue weighted by molar-refractivity contribution is -0.0853. The fraction of sp³-hybridized carbons (Fsp3) is 0.647.